The van der Waals surface area contributed by atoms with Crippen LogP contribution >= 0.6 is 0 Å². The minimum Gasteiger partial charge on any atom is -0.452 e. The van der Waals surface area contributed by atoms with Gasteiger partial charge in [0, 0.05) is 5.69 Å². The molecule has 146 valence electrons. The summed E-state index contributed by atoms with van der Waals surface area (Å²) in [6, 6.07) is 7.10. The molecule has 0 radical (unpaired) electrons. The number of benzene rings is 1. The number of esters is 1. The molecule has 0 aliphatic carbocycles. The van der Waals surface area contributed by atoms with E-state index in [9.17, 15) is 18.0 Å². The van der Waals surface area contributed by atoms with Gasteiger partial charge in [-0.25, -0.2) is 8.42 Å². The van der Waals surface area contributed by atoms with Crippen LogP contribution in [0.1, 0.15) is 23.9 Å². The lowest BCUT2D eigenvalue weighted by atomic mass is 10.2. The zero-order valence-corrected chi connectivity index (χ0v) is 16.2. The Morgan fingerprint density at radius 1 is 1.19 bits per heavy atom. The van der Waals surface area contributed by atoms with Gasteiger partial charge in [0.25, 0.3) is 5.91 Å². The van der Waals surface area contributed by atoms with Crippen molar-refractivity contribution in [2.75, 3.05) is 11.9 Å². The largest absolute Gasteiger partial charge is 0.452 e. The van der Waals surface area contributed by atoms with Gasteiger partial charge >= 0.3 is 5.97 Å². The highest BCUT2D eigenvalue weighted by Gasteiger charge is 2.26. The van der Waals surface area contributed by atoms with Crippen molar-refractivity contribution in [1.82, 2.24) is 9.88 Å². The summed E-state index contributed by atoms with van der Waals surface area (Å²) in [5, 5.41) is 6.17. The average molecular weight is 395 g/mol. The zero-order chi connectivity index (χ0) is 20.2. The third-order valence-electron chi connectivity index (χ3n) is 3.64. The summed E-state index contributed by atoms with van der Waals surface area (Å²) in [4.78, 5) is 23.8. The molecule has 0 bridgehead atoms. The predicted octanol–water partition coefficient (Wildman–Crippen LogP) is 1.45. The van der Waals surface area contributed by atoms with Gasteiger partial charge in [0.05, 0.1) is 0 Å². The van der Waals surface area contributed by atoms with E-state index in [1.165, 1.54) is 20.8 Å². The van der Waals surface area contributed by atoms with Crippen molar-refractivity contribution in [3.63, 3.8) is 0 Å². The molecule has 0 fully saturated rings. The van der Waals surface area contributed by atoms with E-state index in [0.29, 0.717) is 5.69 Å². The number of nitrogens with zero attached hydrogens (tertiary/aromatic N) is 1. The number of hydrogen-bond donors (Lipinski definition) is 2. The topological polar surface area (TPSA) is 128 Å². The van der Waals surface area contributed by atoms with E-state index >= 15 is 0 Å². The first-order chi connectivity index (χ1) is 12.6. The Hall–Kier alpha value is -2.72. The van der Waals surface area contributed by atoms with Crippen molar-refractivity contribution < 1.29 is 27.3 Å². The van der Waals surface area contributed by atoms with Crippen LogP contribution in [-0.4, -0.2) is 38.1 Å². The number of aromatic nitrogens is 1. The number of ether oxygens (including phenoxy) is 1. The Morgan fingerprint density at radius 3 is 2.37 bits per heavy atom. The van der Waals surface area contributed by atoms with Gasteiger partial charge in [0.15, 0.2) is 11.9 Å². The fourth-order valence-corrected chi connectivity index (χ4v) is 3.55. The van der Waals surface area contributed by atoms with Crippen LogP contribution in [0.25, 0.3) is 0 Å². The van der Waals surface area contributed by atoms with Gasteiger partial charge < -0.3 is 14.6 Å². The highest BCUT2D eigenvalue weighted by Crippen LogP contribution is 2.18. The van der Waals surface area contributed by atoms with Crippen LogP contribution in [0.3, 0.4) is 0 Å². The molecule has 0 unspecified atom stereocenters. The van der Waals surface area contributed by atoms with Crippen molar-refractivity contribution in [2.24, 2.45) is 0 Å². The van der Waals surface area contributed by atoms with E-state index in [2.05, 4.69) is 15.2 Å². The maximum absolute atomic E-state index is 12.2. The van der Waals surface area contributed by atoms with Crippen LogP contribution in [-0.2, 0) is 24.3 Å². The second-order valence-corrected chi connectivity index (χ2v) is 7.67. The Labute approximate surface area is 157 Å². The molecule has 0 saturated carbocycles. The van der Waals surface area contributed by atoms with E-state index in [1.54, 1.807) is 12.1 Å². The molecule has 0 aliphatic heterocycles. The van der Waals surface area contributed by atoms with Gasteiger partial charge in [-0.15, -0.1) is 0 Å². The van der Waals surface area contributed by atoms with Crippen molar-refractivity contribution in [1.29, 1.82) is 0 Å². The summed E-state index contributed by atoms with van der Waals surface area (Å²) in [6.07, 6.45) is -1.10. The fourth-order valence-electron chi connectivity index (χ4n) is 2.26. The first-order valence-electron chi connectivity index (χ1n) is 8.09. The zero-order valence-electron chi connectivity index (χ0n) is 15.4. The van der Waals surface area contributed by atoms with Crippen LogP contribution in [0.2, 0.25) is 0 Å². The number of amides is 1. The molecule has 1 aromatic heterocycles. The van der Waals surface area contributed by atoms with Gasteiger partial charge in [-0.2, -0.15) is 4.72 Å². The molecular formula is C17H21N3O6S. The predicted molar refractivity (Wildman–Crippen MR) is 96.5 cm³/mol. The molecule has 0 saturated heterocycles. The molecule has 27 heavy (non-hydrogen) atoms. The van der Waals surface area contributed by atoms with Crippen molar-refractivity contribution >= 4 is 27.6 Å². The molecule has 0 spiro atoms. The SMILES string of the molecule is Cc1ccc(NC(=O)[C@H](C)OC(=O)CNS(=O)(=O)c2c(C)noc2C)cc1. The van der Waals surface area contributed by atoms with E-state index in [-0.39, 0.29) is 16.3 Å². The van der Waals surface area contributed by atoms with Crippen molar-refractivity contribution in [3.05, 3.63) is 41.3 Å². The Bertz CT molecular complexity index is 915. The van der Waals surface area contributed by atoms with E-state index < -0.39 is 34.5 Å². The van der Waals surface area contributed by atoms with Gasteiger partial charge in [-0.1, -0.05) is 22.9 Å². The molecule has 2 N–H and O–H groups in total. The first-order valence-corrected chi connectivity index (χ1v) is 9.58. The lowest BCUT2D eigenvalue weighted by molar-refractivity contribution is -0.151. The van der Waals surface area contributed by atoms with E-state index in [0.717, 1.165) is 5.56 Å². The Kier molecular flexibility index (Phi) is 6.34. The second kappa shape index (κ2) is 8.31. The second-order valence-electron chi connectivity index (χ2n) is 5.97. The lowest BCUT2D eigenvalue weighted by Crippen LogP contribution is -2.36. The highest BCUT2D eigenvalue weighted by atomic mass is 32.2. The average Bonchev–Trinajstić information content (AvgIpc) is 2.94. The molecule has 10 heteroatoms. The number of sulfonamides is 1. The maximum Gasteiger partial charge on any atom is 0.321 e. The molecular weight excluding hydrogens is 374 g/mol. The molecule has 0 aliphatic rings. The molecule has 2 aromatic rings. The monoisotopic (exact) mass is 395 g/mol. The van der Waals surface area contributed by atoms with E-state index in [1.807, 2.05) is 19.1 Å². The van der Waals surface area contributed by atoms with Gasteiger partial charge in [0.1, 0.15) is 17.1 Å². The van der Waals surface area contributed by atoms with Crippen LogP contribution in [0.4, 0.5) is 5.69 Å². The number of rotatable bonds is 7. The number of aryl methyl sites for hydroxylation is 3. The Balaban J connectivity index is 1.89. The summed E-state index contributed by atoms with van der Waals surface area (Å²) in [7, 11) is -3.99. The summed E-state index contributed by atoms with van der Waals surface area (Å²) in [5.41, 5.74) is 1.78. The van der Waals surface area contributed by atoms with Crippen molar-refractivity contribution in [2.45, 2.75) is 38.7 Å². The molecule has 1 atom stereocenters. The maximum atomic E-state index is 12.2. The fraction of sp³-hybridized carbons (Fsp3) is 0.353. The number of anilines is 1. The summed E-state index contributed by atoms with van der Waals surface area (Å²) in [5.74, 6) is -1.31. The number of nitrogens with one attached hydrogen (secondary N) is 2. The first kappa shape index (κ1) is 20.6. The van der Waals surface area contributed by atoms with Crippen molar-refractivity contribution in [3.8, 4) is 0 Å². The number of hydrogen-bond acceptors (Lipinski definition) is 7. The molecule has 2 rings (SSSR count). The van der Waals surface area contributed by atoms with Gasteiger partial charge in [-0.05, 0) is 39.8 Å². The Morgan fingerprint density at radius 2 is 1.81 bits per heavy atom. The molecule has 1 heterocycles. The lowest BCUT2D eigenvalue weighted by Gasteiger charge is -2.14. The molecule has 1 amide bonds. The normalized spacial score (nSPS) is 12.4. The van der Waals surface area contributed by atoms with Crippen LogP contribution in [0.15, 0.2) is 33.7 Å². The van der Waals surface area contributed by atoms with Crippen LogP contribution in [0, 0.1) is 20.8 Å². The van der Waals surface area contributed by atoms with Crippen LogP contribution < -0.4 is 10.0 Å². The highest BCUT2D eigenvalue weighted by molar-refractivity contribution is 7.89. The third-order valence-corrected chi connectivity index (χ3v) is 5.28. The quantitative estimate of drug-likeness (QED) is 0.679. The van der Waals surface area contributed by atoms with Gasteiger partial charge in [0.2, 0.25) is 10.0 Å². The number of carbonyl (C=O) groups excluding carboxylic acids is 2. The summed E-state index contributed by atoms with van der Waals surface area (Å²) < 4.78 is 36.3. The standard InChI is InChI=1S/C17H21N3O6S/c1-10-5-7-14(8-6-10)19-17(22)13(4)25-15(21)9-18-27(23,24)16-11(2)20-26-12(16)3/h5-8,13,18H,9H2,1-4H3,(H,19,22)/t13-/m0/s1. The van der Waals surface area contributed by atoms with E-state index in [4.69, 9.17) is 9.26 Å². The molecule has 1 aromatic carbocycles. The van der Waals surface area contributed by atoms with Crippen LogP contribution in [0.5, 0.6) is 0 Å². The third kappa shape index (κ3) is 5.38. The minimum absolute atomic E-state index is 0.110. The smallest absolute Gasteiger partial charge is 0.321 e. The summed E-state index contributed by atoms with van der Waals surface area (Å²) >= 11 is 0. The minimum atomic E-state index is -3.99. The molecule has 9 nitrogen and oxygen atoms in total. The number of carbonyl (C=O) groups is 2. The van der Waals surface area contributed by atoms with Gasteiger partial charge in [-0.3, -0.25) is 9.59 Å². The summed E-state index contributed by atoms with van der Waals surface area (Å²) in [6.45, 7) is 5.60.